The Hall–Kier alpha value is -2.73. The van der Waals surface area contributed by atoms with E-state index in [-0.39, 0.29) is 5.91 Å². The molecule has 0 radical (unpaired) electrons. The molecule has 0 bridgehead atoms. The van der Waals surface area contributed by atoms with Crippen LogP contribution >= 0.6 is 0 Å². The summed E-state index contributed by atoms with van der Waals surface area (Å²) in [6.45, 7) is 18.9. The van der Waals surface area contributed by atoms with E-state index >= 15 is 0 Å². The van der Waals surface area contributed by atoms with Crippen molar-refractivity contribution in [3.8, 4) is 0 Å². The highest BCUT2D eigenvalue weighted by Gasteiger charge is 2.19. The van der Waals surface area contributed by atoms with Crippen LogP contribution in [-0.2, 0) is 6.42 Å². The summed E-state index contributed by atoms with van der Waals surface area (Å²) in [6, 6.07) is 4.47. The van der Waals surface area contributed by atoms with Crippen LogP contribution in [0.15, 0.2) is 18.3 Å². The van der Waals surface area contributed by atoms with Gasteiger partial charge < -0.3 is 10.2 Å². The molecular weight excluding hydrogens is 398 g/mol. The van der Waals surface area contributed by atoms with Crippen LogP contribution in [0.5, 0.6) is 0 Å². The minimum absolute atomic E-state index is 0.0983. The lowest BCUT2D eigenvalue weighted by molar-refractivity contribution is -0.896. The average molecular weight is 437 g/mol. The number of benzene rings is 1. The summed E-state index contributed by atoms with van der Waals surface area (Å²) < 4.78 is 1.82. The number of fused-ring (bicyclic) bond motifs is 1. The smallest absolute Gasteiger partial charge is 0.256 e. The summed E-state index contributed by atoms with van der Waals surface area (Å²) in [7, 11) is 0. The highest BCUT2D eigenvalue weighted by molar-refractivity contribution is 5.99. The van der Waals surface area contributed by atoms with Gasteiger partial charge in [-0.1, -0.05) is 17.7 Å². The van der Waals surface area contributed by atoms with Crippen molar-refractivity contribution in [2.75, 3.05) is 26.2 Å². The molecule has 6 heteroatoms. The van der Waals surface area contributed by atoms with Gasteiger partial charge in [-0.3, -0.25) is 4.79 Å². The fourth-order valence-electron chi connectivity index (χ4n) is 4.63. The standard InChI is InChI=1S/C26H37N5O/c1-8-30(9-2)12-10-11-27-26(32)24-16-28-31-21(7)23(20(6)29-25(24)31)15-22-18(4)13-17(3)14-19(22)5/h13-14,16H,8-12,15H2,1-7H3,(H,27,32)/p+1. The fourth-order valence-corrected chi connectivity index (χ4v) is 4.63. The maximum atomic E-state index is 12.8. The van der Waals surface area contributed by atoms with Crippen LogP contribution in [0.4, 0.5) is 0 Å². The molecule has 1 amide bonds. The van der Waals surface area contributed by atoms with E-state index < -0.39 is 0 Å². The molecule has 0 fully saturated rings. The molecule has 3 rings (SSSR count). The second kappa shape index (κ2) is 10.3. The summed E-state index contributed by atoms with van der Waals surface area (Å²) in [5.74, 6) is -0.0983. The second-order valence-corrected chi connectivity index (χ2v) is 8.93. The van der Waals surface area contributed by atoms with Gasteiger partial charge >= 0.3 is 0 Å². The molecule has 1 aromatic carbocycles. The van der Waals surface area contributed by atoms with E-state index in [4.69, 9.17) is 4.98 Å². The molecule has 0 atom stereocenters. The maximum Gasteiger partial charge on any atom is 0.256 e. The minimum Gasteiger partial charge on any atom is -0.352 e. The number of hydrogen-bond donors (Lipinski definition) is 2. The number of amides is 1. The molecule has 3 aromatic rings. The molecule has 0 saturated heterocycles. The Balaban J connectivity index is 1.81. The van der Waals surface area contributed by atoms with E-state index in [9.17, 15) is 4.79 Å². The summed E-state index contributed by atoms with van der Waals surface area (Å²) >= 11 is 0. The van der Waals surface area contributed by atoms with E-state index in [2.05, 4.69) is 64.1 Å². The van der Waals surface area contributed by atoms with Gasteiger partial charge in [0.2, 0.25) is 0 Å². The van der Waals surface area contributed by atoms with E-state index in [1.165, 1.54) is 27.8 Å². The molecule has 0 aliphatic heterocycles. The van der Waals surface area contributed by atoms with Crippen LogP contribution in [0.3, 0.4) is 0 Å². The first-order valence-corrected chi connectivity index (χ1v) is 11.8. The van der Waals surface area contributed by atoms with Crippen LogP contribution in [0.1, 0.15) is 69.8 Å². The van der Waals surface area contributed by atoms with Crippen molar-refractivity contribution >= 4 is 11.6 Å². The number of nitrogens with zero attached hydrogens (tertiary/aromatic N) is 3. The van der Waals surface area contributed by atoms with Crippen LogP contribution in [0.2, 0.25) is 0 Å². The van der Waals surface area contributed by atoms with Crippen molar-refractivity contribution in [1.29, 1.82) is 0 Å². The van der Waals surface area contributed by atoms with Gasteiger partial charge in [0.25, 0.3) is 5.91 Å². The Labute approximate surface area is 192 Å². The van der Waals surface area contributed by atoms with Gasteiger partial charge in [0.05, 0.1) is 25.8 Å². The Morgan fingerprint density at radius 1 is 1.03 bits per heavy atom. The number of aromatic nitrogens is 3. The third kappa shape index (κ3) is 5.01. The van der Waals surface area contributed by atoms with Crippen molar-refractivity contribution in [3.05, 3.63) is 63.1 Å². The highest BCUT2D eigenvalue weighted by atomic mass is 16.1. The van der Waals surface area contributed by atoms with Crippen molar-refractivity contribution < 1.29 is 9.69 Å². The first-order chi connectivity index (χ1) is 15.3. The largest absolute Gasteiger partial charge is 0.352 e. The normalized spacial score (nSPS) is 11.5. The first-order valence-electron chi connectivity index (χ1n) is 11.8. The van der Waals surface area contributed by atoms with Crippen molar-refractivity contribution in [1.82, 2.24) is 19.9 Å². The van der Waals surface area contributed by atoms with Gasteiger partial charge in [-0.2, -0.15) is 5.10 Å². The third-order valence-electron chi connectivity index (χ3n) is 6.64. The lowest BCUT2D eigenvalue weighted by Crippen LogP contribution is -3.11. The summed E-state index contributed by atoms with van der Waals surface area (Å²) in [5, 5.41) is 7.56. The number of quaternary nitrogens is 1. The second-order valence-electron chi connectivity index (χ2n) is 8.93. The van der Waals surface area contributed by atoms with Gasteiger partial charge in [0, 0.05) is 30.8 Å². The Morgan fingerprint density at radius 2 is 1.69 bits per heavy atom. The topological polar surface area (TPSA) is 63.7 Å². The van der Waals surface area contributed by atoms with Crippen LogP contribution in [-0.4, -0.2) is 46.7 Å². The van der Waals surface area contributed by atoms with E-state index in [0.717, 1.165) is 43.9 Å². The molecule has 6 nitrogen and oxygen atoms in total. The molecular formula is C26H38N5O+. The highest BCUT2D eigenvalue weighted by Crippen LogP contribution is 2.24. The van der Waals surface area contributed by atoms with Gasteiger partial charge in [0.15, 0.2) is 5.65 Å². The first kappa shape index (κ1) is 23.9. The number of nitrogens with one attached hydrogen (secondary N) is 2. The number of rotatable bonds is 9. The van der Waals surface area contributed by atoms with Crippen molar-refractivity contribution in [2.45, 2.75) is 61.3 Å². The molecule has 32 heavy (non-hydrogen) atoms. The zero-order valence-electron chi connectivity index (χ0n) is 20.7. The van der Waals surface area contributed by atoms with Gasteiger partial charge in [0.1, 0.15) is 5.56 Å². The summed E-state index contributed by atoms with van der Waals surface area (Å²) in [5.41, 5.74) is 9.56. The quantitative estimate of drug-likeness (QED) is 0.507. The molecule has 2 aromatic heterocycles. The molecule has 2 heterocycles. The molecule has 0 aliphatic carbocycles. The maximum absolute atomic E-state index is 12.8. The summed E-state index contributed by atoms with van der Waals surface area (Å²) in [6.07, 6.45) is 3.42. The Kier molecular flexibility index (Phi) is 7.67. The number of carbonyl (C=O) groups is 1. The third-order valence-corrected chi connectivity index (χ3v) is 6.64. The Morgan fingerprint density at radius 3 is 2.31 bits per heavy atom. The average Bonchev–Trinajstić information content (AvgIpc) is 3.16. The Bertz CT molecular complexity index is 1090. The molecule has 0 saturated carbocycles. The monoisotopic (exact) mass is 436 g/mol. The van der Waals surface area contributed by atoms with Crippen LogP contribution in [0.25, 0.3) is 5.65 Å². The predicted octanol–water partition coefficient (Wildman–Crippen LogP) is 2.91. The molecule has 172 valence electrons. The predicted molar refractivity (Wildman–Crippen MR) is 130 cm³/mol. The van der Waals surface area contributed by atoms with Gasteiger partial charge in [-0.15, -0.1) is 0 Å². The molecule has 0 aliphatic rings. The number of aryl methyl sites for hydroxylation is 5. The van der Waals surface area contributed by atoms with Gasteiger partial charge in [-0.25, -0.2) is 9.50 Å². The van der Waals surface area contributed by atoms with E-state index in [1.807, 2.05) is 11.4 Å². The van der Waals surface area contributed by atoms with Crippen molar-refractivity contribution in [2.24, 2.45) is 0 Å². The fraction of sp³-hybridized carbons (Fsp3) is 0.500. The van der Waals surface area contributed by atoms with Crippen LogP contribution < -0.4 is 10.2 Å². The lowest BCUT2D eigenvalue weighted by atomic mass is 9.93. The molecule has 2 N–H and O–H groups in total. The molecule has 0 spiro atoms. The summed E-state index contributed by atoms with van der Waals surface area (Å²) in [4.78, 5) is 19.2. The lowest BCUT2D eigenvalue weighted by Gasteiger charge is -2.16. The van der Waals surface area contributed by atoms with Crippen LogP contribution in [0, 0.1) is 34.6 Å². The van der Waals surface area contributed by atoms with E-state index in [0.29, 0.717) is 17.8 Å². The SMILES string of the molecule is CC[NH+](CC)CCCNC(=O)c1cnn2c(C)c(Cc3c(C)cc(C)cc3C)c(C)nc12. The van der Waals surface area contributed by atoms with E-state index in [1.54, 1.807) is 11.1 Å². The molecule has 0 unspecified atom stereocenters. The zero-order valence-corrected chi connectivity index (χ0v) is 20.7. The minimum atomic E-state index is -0.0983. The van der Waals surface area contributed by atoms with Crippen molar-refractivity contribution in [3.63, 3.8) is 0 Å². The zero-order chi connectivity index (χ0) is 23.4. The number of carbonyl (C=O) groups excluding carboxylic acids is 1. The van der Waals surface area contributed by atoms with Gasteiger partial charge in [-0.05, 0) is 70.7 Å². The number of hydrogen-bond acceptors (Lipinski definition) is 3.